The summed E-state index contributed by atoms with van der Waals surface area (Å²) < 4.78 is 2.18. The van der Waals surface area contributed by atoms with E-state index >= 15 is 0 Å². The van der Waals surface area contributed by atoms with E-state index in [4.69, 9.17) is 78.5 Å². The van der Waals surface area contributed by atoms with Gasteiger partial charge in [0.1, 0.15) is 78.5 Å². The molecule has 20 radical (unpaired) electrons. The molecule has 0 aliphatic heterocycles. The van der Waals surface area contributed by atoms with E-state index in [9.17, 15) is 0 Å². The Bertz CT molecular complexity index is 3490. The highest BCUT2D eigenvalue weighted by atomic mass is 15.1. The molecule has 0 atom stereocenters. The van der Waals surface area contributed by atoms with Gasteiger partial charge in [-0.3, -0.25) is 0 Å². The molecule has 0 N–H and O–H groups in total. The lowest BCUT2D eigenvalue weighted by Crippen LogP contribution is -2.55. The van der Waals surface area contributed by atoms with Crippen LogP contribution in [0.15, 0.2) is 170 Å². The monoisotopic (exact) mass is 814 g/mol. The van der Waals surface area contributed by atoms with E-state index < -0.39 is 0 Å². The van der Waals surface area contributed by atoms with Crippen molar-refractivity contribution in [3.8, 4) is 50.2 Å². The van der Waals surface area contributed by atoms with E-state index in [2.05, 4.69) is 137 Å². The molecule has 1 aromatic heterocycles. The van der Waals surface area contributed by atoms with Gasteiger partial charge in [0.05, 0.1) is 16.7 Å². The second kappa shape index (κ2) is 17.2. The van der Waals surface area contributed by atoms with Crippen LogP contribution in [0.25, 0.3) is 72.0 Å². The maximum atomic E-state index is 6.85. The maximum absolute atomic E-state index is 6.85. The fraction of sp³-hybridized carbons (Fsp3) is 0. The molecule has 0 amide bonds. The van der Waals surface area contributed by atoms with Crippen molar-refractivity contribution in [1.82, 2.24) is 4.57 Å². The lowest BCUT2D eigenvalue weighted by molar-refractivity contribution is 1.18. The molecule has 0 aliphatic carbocycles. The van der Waals surface area contributed by atoms with Crippen LogP contribution in [0.5, 0.6) is 0 Å². The highest BCUT2D eigenvalue weighted by Gasteiger charge is 2.23. The number of anilines is 3. The molecular formula is C54H28B10N2. The predicted molar refractivity (Wildman–Crippen MR) is 291 cm³/mol. The van der Waals surface area contributed by atoms with Crippen molar-refractivity contribution in [1.29, 1.82) is 0 Å². The van der Waals surface area contributed by atoms with Crippen molar-refractivity contribution in [2.45, 2.75) is 0 Å². The minimum absolute atomic E-state index is 0.0949. The first kappa shape index (κ1) is 43.1. The van der Waals surface area contributed by atoms with E-state index in [1.807, 2.05) is 42.5 Å². The summed E-state index contributed by atoms with van der Waals surface area (Å²) >= 11 is 0. The van der Waals surface area contributed by atoms with Gasteiger partial charge < -0.3 is 9.47 Å². The third-order valence-electron chi connectivity index (χ3n) is 12.5. The van der Waals surface area contributed by atoms with E-state index in [1.54, 1.807) is 0 Å². The number of fused-ring (bicyclic) bond motifs is 3. The van der Waals surface area contributed by atoms with Crippen LogP contribution in [0, 0.1) is 0 Å². The van der Waals surface area contributed by atoms with E-state index in [0.29, 0.717) is 27.9 Å². The summed E-state index contributed by atoms with van der Waals surface area (Å²) in [6, 6.07) is 58.4. The van der Waals surface area contributed by atoms with Gasteiger partial charge in [-0.25, -0.2) is 0 Å². The second-order valence-corrected chi connectivity index (χ2v) is 16.3. The topological polar surface area (TPSA) is 8.17 Å². The number of nitrogens with zero attached hydrogens (tertiary/aromatic N) is 2. The van der Waals surface area contributed by atoms with Crippen molar-refractivity contribution in [2.75, 3.05) is 4.90 Å². The standard InChI is InChI=1S/C54H28B10N2/c55-45-43(46(56)50(60)53(63)49(45)59)33-22-24-41(39(27-33)44-47(57)51(61)54(64)52(62)48(44)58)66-40-20-8-7-19-37(40)38-23-21-32(28-42(38)66)31-14-10-18-36(26-31)65(34-15-5-2-6-16-34)35-17-9-13-30(25-35)29-11-3-1-4-12-29/h1-28H. The number of para-hydroxylation sites is 2. The minimum atomic E-state index is 0.0949. The molecule has 10 aromatic rings. The molecule has 284 valence electrons. The average molecular weight is 813 g/mol. The van der Waals surface area contributed by atoms with Crippen LogP contribution in [0.1, 0.15) is 0 Å². The fourth-order valence-electron chi connectivity index (χ4n) is 9.10. The Morgan fingerprint density at radius 3 is 1.33 bits per heavy atom. The zero-order valence-corrected chi connectivity index (χ0v) is 35.8. The smallest absolute Gasteiger partial charge is 0.113 e. The summed E-state index contributed by atoms with van der Waals surface area (Å²) in [5, 5.41) is 2.05. The van der Waals surface area contributed by atoms with Crippen molar-refractivity contribution in [3.63, 3.8) is 0 Å². The summed E-state index contributed by atoms with van der Waals surface area (Å²) in [6.45, 7) is 0. The van der Waals surface area contributed by atoms with Gasteiger partial charge in [-0.15, -0.1) is 32.8 Å². The molecule has 9 aromatic carbocycles. The summed E-state index contributed by atoms with van der Waals surface area (Å²) in [4.78, 5) is 2.28. The molecule has 0 spiro atoms. The van der Waals surface area contributed by atoms with Gasteiger partial charge in [-0.1, -0.05) is 131 Å². The summed E-state index contributed by atoms with van der Waals surface area (Å²) in [7, 11) is 65.3. The number of hydrogen-bond donors (Lipinski definition) is 0. The molecule has 10 rings (SSSR count). The predicted octanol–water partition coefficient (Wildman–Crippen LogP) is 2.86. The fourth-order valence-corrected chi connectivity index (χ4v) is 9.10. The van der Waals surface area contributed by atoms with Gasteiger partial charge in [0.2, 0.25) is 0 Å². The van der Waals surface area contributed by atoms with Crippen molar-refractivity contribution in [3.05, 3.63) is 170 Å². The van der Waals surface area contributed by atoms with E-state index in [1.165, 1.54) is 0 Å². The lowest BCUT2D eigenvalue weighted by atomic mass is 9.59. The zero-order valence-electron chi connectivity index (χ0n) is 35.8. The second-order valence-electron chi connectivity index (χ2n) is 16.3. The van der Waals surface area contributed by atoms with Crippen LogP contribution < -0.4 is 59.5 Å². The molecular weight excluding hydrogens is 785 g/mol. The van der Waals surface area contributed by atoms with Gasteiger partial charge in [0.25, 0.3) is 0 Å². The molecule has 12 heteroatoms. The summed E-state index contributed by atoms with van der Waals surface area (Å²) in [6.07, 6.45) is 0. The van der Waals surface area contributed by atoms with Crippen molar-refractivity contribution >= 4 is 172 Å². The van der Waals surface area contributed by atoms with E-state index in [0.717, 1.165) is 61.1 Å². The Morgan fingerprint density at radius 2 is 0.727 bits per heavy atom. The van der Waals surface area contributed by atoms with Crippen LogP contribution in [0.4, 0.5) is 17.1 Å². The Kier molecular flexibility index (Phi) is 11.3. The quantitative estimate of drug-likeness (QED) is 0.215. The lowest BCUT2D eigenvalue weighted by Gasteiger charge is -2.26. The first-order valence-corrected chi connectivity index (χ1v) is 21.2. The Labute approximate surface area is 399 Å². The minimum Gasteiger partial charge on any atom is -0.310 e. The van der Waals surface area contributed by atoms with Crippen LogP contribution in [0.3, 0.4) is 0 Å². The molecule has 2 nitrogen and oxygen atoms in total. The van der Waals surface area contributed by atoms with Crippen molar-refractivity contribution < 1.29 is 0 Å². The SMILES string of the molecule is [B]c1c([B])c([B])c(-c2ccc(-n3c4ccccc4c4ccc(-c5cccc(N(c6ccccc6)c6cccc(-c7ccccc7)c6)c5)cc43)c(-c3c([B])c([B])c([B])c([B])c3[B])c2)c([B])c1[B]. The zero-order chi connectivity index (χ0) is 46.0. The van der Waals surface area contributed by atoms with Crippen LogP contribution >= 0.6 is 0 Å². The molecule has 0 saturated carbocycles. The largest absolute Gasteiger partial charge is 0.310 e. The number of rotatable bonds is 8. The van der Waals surface area contributed by atoms with Crippen LogP contribution in [-0.4, -0.2) is 83.0 Å². The third-order valence-corrected chi connectivity index (χ3v) is 12.5. The normalized spacial score (nSPS) is 11.3. The molecule has 66 heavy (non-hydrogen) atoms. The average Bonchev–Trinajstić information content (AvgIpc) is 3.68. The van der Waals surface area contributed by atoms with Gasteiger partial charge in [-0.05, 0) is 99.6 Å². The highest BCUT2D eigenvalue weighted by Crippen LogP contribution is 2.41. The van der Waals surface area contributed by atoms with Gasteiger partial charge in [-0.2, -0.15) is 0 Å². The Morgan fingerprint density at radius 1 is 0.288 bits per heavy atom. The first-order chi connectivity index (χ1) is 31.9. The van der Waals surface area contributed by atoms with Crippen LogP contribution in [-0.2, 0) is 0 Å². The number of hydrogen-bond acceptors (Lipinski definition) is 1. The molecule has 0 bridgehead atoms. The summed E-state index contributed by atoms with van der Waals surface area (Å²) in [5.74, 6) is 0. The first-order valence-electron chi connectivity index (χ1n) is 21.2. The molecule has 0 unspecified atom stereocenters. The molecule has 0 saturated heterocycles. The van der Waals surface area contributed by atoms with Gasteiger partial charge in [0, 0.05) is 33.4 Å². The number of aromatic nitrogens is 1. The van der Waals surface area contributed by atoms with Crippen LogP contribution in [0.2, 0.25) is 0 Å². The molecule has 0 fully saturated rings. The van der Waals surface area contributed by atoms with Gasteiger partial charge in [0.15, 0.2) is 0 Å². The maximum Gasteiger partial charge on any atom is 0.113 e. The highest BCUT2D eigenvalue weighted by molar-refractivity contribution is 6.70. The Hall–Kier alpha value is -6.77. The molecule has 1 heterocycles. The van der Waals surface area contributed by atoms with E-state index in [-0.39, 0.29) is 54.6 Å². The Balaban J connectivity index is 1.19. The van der Waals surface area contributed by atoms with Crippen molar-refractivity contribution in [2.24, 2.45) is 0 Å². The van der Waals surface area contributed by atoms with Gasteiger partial charge >= 0.3 is 0 Å². The third kappa shape index (κ3) is 7.23. The number of benzene rings is 9. The summed E-state index contributed by atoms with van der Waals surface area (Å²) in [5.41, 5.74) is 13.1. The molecule has 0 aliphatic rings.